The van der Waals surface area contributed by atoms with Crippen molar-refractivity contribution >= 4 is 11.8 Å². The second-order valence-corrected chi connectivity index (χ2v) is 6.58. The Morgan fingerprint density at radius 2 is 1.42 bits per heavy atom. The zero-order valence-electron chi connectivity index (χ0n) is 14.2. The lowest BCUT2D eigenvalue weighted by atomic mass is 10.1. The third kappa shape index (κ3) is 4.08. The fourth-order valence-electron chi connectivity index (χ4n) is 3.41. The molecule has 0 saturated carbocycles. The normalized spacial score (nSPS) is 18.3. The topological polar surface area (TPSA) is 49.9 Å². The van der Waals surface area contributed by atoms with E-state index in [0.717, 1.165) is 51.9 Å². The molecular formula is C19H26N2O3. The molecule has 0 bridgehead atoms. The molecule has 0 spiro atoms. The van der Waals surface area contributed by atoms with Crippen LogP contribution in [0.1, 0.15) is 48.9 Å². The van der Waals surface area contributed by atoms with Gasteiger partial charge in [0.1, 0.15) is 5.75 Å². The molecule has 1 aromatic carbocycles. The van der Waals surface area contributed by atoms with Crippen LogP contribution in [0.2, 0.25) is 0 Å². The van der Waals surface area contributed by atoms with Crippen molar-refractivity contribution in [3.8, 4) is 5.75 Å². The summed E-state index contributed by atoms with van der Waals surface area (Å²) in [5.74, 6) is 0.532. The first-order valence-corrected chi connectivity index (χ1v) is 9.04. The molecule has 0 unspecified atom stereocenters. The monoisotopic (exact) mass is 330 g/mol. The third-order valence-electron chi connectivity index (χ3n) is 4.82. The first-order valence-electron chi connectivity index (χ1n) is 9.04. The summed E-state index contributed by atoms with van der Waals surface area (Å²) in [5.41, 5.74) is 0.561. The highest BCUT2D eigenvalue weighted by molar-refractivity contribution is 5.97. The number of likely N-dealkylation sites (tertiary alicyclic amines) is 2. The molecule has 0 N–H and O–H groups in total. The van der Waals surface area contributed by atoms with Crippen LogP contribution in [0.3, 0.4) is 0 Å². The van der Waals surface area contributed by atoms with E-state index >= 15 is 0 Å². The molecule has 2 aliphatic heterocycles. The molecule has 2 aliphatic rings. The lowest BCUT2D eigenvalue weighted by Gasteiger charge is -2.28. The lowest BCUT2D eigenvalue weighted by Crippen LogP contribution is -2.39. The Bertz CT molecular complexity index is 576. The maximum Gasteiger partial charge on any atom is 0.260 e. The molecule has 5 heteroatoms. The smallest absolute Gasteiger partial charge is 0.260 e. The van der Waals surface area contributed by atoms with Crippen LogP contribution in [0.5, 0.6) is 5.75 Å². The van der Waals surface area contributed by atoms with Crippen molar-refractivity contribution in [1.29, 1.82) is 0 Å². The molecule has 0 aromatic heterocycles. The van der Waals surface area contributed by atoms with Crippen molar-refractivity contribution in [2.24, 2.45) is 0 Å². The summed E-state index contributed by atoms with van der Waals surface area (Å²) in [5, 5.41) is 0. The van der Waals surface area contributed by atoms with Crippen LogP contribution in [-0.2, 0) is 4.79 Å². The molecule has 1 aromatic rings. The Labute approximate surface area is 143 Å². The lowest BCUT2D eigenvalue weighted by molar-refractivity contribution is -0.134. The van der Waals surface area contributed by atoms with E-state index < -0.39 is 0 Å². The first kappa shape index (κ1) is 16.8. The minimum absolute atomic E-state index is 0.00426. The van der Waals surface area contributed by atoms with Gasteiger partial charge in [0.05, 0.1) is 5.56 Å². The summed E-state index contributed by atoms with van der Waals surface area (Å²) < 4.78 is 5.73. The number of amides is 2. The van der Waals surface area contributed by atoms with Crippen molar-refractivity contribution in [3.63, 3.8) is 0 Å². The van der Waals surface area contributed by atoms with Crippen LogP contribution < -0.4 is 4.74 Å². The average Bonchev–Trinajstić information content (AvgIpc) is 2.67. The van der Waals surface area contributed by atoms with Gasteiger partial charge in [-0.1, -0.05) is 12.1 Å². The number of para-hydroxylation sites is 1. The highest BCUT2D eigenvalue weighted by atomic mass is 16.5. The van der Waals surface area contributed by atoms with Crippen LogP contribution in [0.15, 0.2) is 24.3 Å². The molecule has 0 atom stereocenters. The number of rotatable bonds is 4. The van der Waals surface area contributed by atoms with E-state index in [1.54, 1.807) is 12.1 Å². The minimum atomic E-state index is 0.00426. The molecule has 0 radical (unpaired) electrons. The van der Waals surface area contributed by atoms with E-state index in [-0.39, 0.29) is 18.4 Å². The van der Waals surface area contributed by atoms with E-state index in [9.17, 15) is 9.59 Å². The van der Waals surface area contributed by atoms with E-state index in [4.69, 9.17) is 4.74 Å². The minimum Gasteiger partial charge on any atom is -0.483 e. The highest BCUT2D eigenvalue weighted by Crippen LogP contribution is 2.22. The van der Waals surface area contributed by atoms with Gasteiger partial charge in [-0.25, -0.2) is 0 Å². The molecule has 2 saturated heterocycles. The Hall–Kier alpha value is -2.04. The van der Waals surface area contributed by atoms with Crippen LogP contribution in [-0.4, -0.2) is 54.4 Å². The summed E-state index contributed by atoms with van der Waals surface area (Å²) in [6, 6.07) is 7.25. The van der Waals surface area contributed by atoms with E-state index in [2.05, 4.69) is 0 Å². The molecule has 2 heterocycles. The number of carbonyl (C=O) groups excluding carboxylic acids is 2. The second kappa shape index (κ2) is 8.18. The largest absolute Gasteiger partial charge is 0.483 e. The fraction of sp³-hybridized carbons (Fsp3) is 0.579. The van der Waals surface area contributed by atoms with E-state index in [1.165, 1.54) is 12.8 Å². The summed E-state index contributed by atoms with van der Waals surface area (Å²) in [6.45, 7) is 3.25. The third-order valence-corrected chi connectivity index (χ3v) is 4.82. The quantitative estimate of drug-likeness (QED) is 0.853. The number of ether oxygens (including phenoxy) is 1. The molecular weight excluding hydrogens is 304 g/mol. The van der Waals surface area contributed by atoms with Crippen molar-refractivity contribution in [1.82, 2.24) is 9.80 Å². The van der Waals surface area contributed by atoms with Crippen LogP contribution in [0, 0.1) is 0 Å². The maximum atomic E-state index is 12.7. The average molecular weight is 330 g/mol. The highest BCUT2D eigenvalue weighted by Gasteiger charge is 2.22. The van der Waals surface area contributed by atoms with Gasteiger partial charge >= 0.3 is 0 Å². The van der Waals surface area contributed by atoms with Crippen molar-refractivity contribution in [3.05, 3.63) is 29.8 Å². The summed E-state index contributed by atoms with van der Waals surface area (Å²) in [7, 11) is 0. The molecule has 0 aliphatic carbocycles. The van der Waals surface area contributed by atoms with Crippen LogP contribution >= 0.6 is 0 Å². The van der Waals surface area contributed by atoms with Gasteiger partial charge in [0.2, 0.25) is 0 Å². The predicted octanol–water partition coefficient (Wildman–Crippen LogP) is 2.70. The van der Waals surface area contributed by atoms with Crippen molar-refractivity contribution in [2.75, 3.05) is 32.8 Å². The summed E-state index contributed by atoms with van der Waals surface area (Å²) in [4.78, 5) is 28.7. The van der Waals surface area contributed by atoms with Crippen molar-refractivity contribution in [2.45, 2.75) is 38.5 Å². The van der Waals surface area contributed by atoms with Crippen molar-refractivity contribution < 1.29 is 14.3 Å². The van der Waals surface area contributed by atoms with Gasteiger partial charge in [-0.2, -0.15) is 0 Å². The van der Waals surface area contributed by atoms with Crippen LogP contribution in [0.25, 0.3) is 0 Å². The number of hydrogen-bond donors (Lipinski definition) is 0. The molecule has 2 amide bonds. The molecule has 130 valence electrons. The van der Waals surface area contributed by atoms with E-state index in [1.807, 2.05) is 21.9 Å². The molecule has 24 heavy (non-hydrogen) atoms. The predicted molar refractivity (Wildman–Crippen MR) is 92.1 cm³/mol. The fourth-order valence-corrected chi connectivity index (χ4v) is 3.41. The summed E-state index contributed by atoms with van der Waals surface area (Å²) in [6.07, 6.45) is 6.63. The number of nitrogens with zero attached hydrogens (tertiary/aromatic N) is 2. The Kier molecular flexibility index (Phi) is 5.72. The van der Waals surface area contributed by atoms with Gasteiger partial charge in [-0.15, -0.1) is 0 Å². The van der Waals surface area contributed by atoms with Gasteiger partial charge in [0.25, 0.3) is 11.8 Å². The maximum absolute atomic E-state index is 12.7. The molecule has 3 rings (SSSR count). The zero-order chi connectivity index (χ0) is 16.8. The Balaban J connectivity index is 1.63. The van der Waals surface area contributed by atoms with Gasteiger partial charge in [-0.05, 0) is 50.7 Å². The number of hydrogen-bond acceptors (Lipinski definition) is 3. The zero-order valence-corrected chi connectivity index (χ0v) is 14.2. The second-order valence-electron chi connectivity index (χ2n) is 6.58. The van der Waals surface area contributed by atoms with E-state index in [0.29, 0.717) is 11.3 Å². The Morgan fingerprint density at radius 3 is 2.08 bits per heavy atom. The standard InChI is InChI=1S/C19H26N2O3/c22-18(20-11-5-1-6-12-20)15-24-17-10-4-3-9-16(17)19(23)21-13-7-2-8-14-21/h3-4,9-10H,1-2,5-8,11-15H2. The molecule has 5 nitrogen and oxygen atoms in total. The first-order chi connectivity index (χ1) is 11.8. The van der Waals surface area contributed by atoms with Gasteiger partial charge in [-0.3, -0.25) is 9.59 Å². The van der Waals surface area contributed by atoms with Crippen LogP contribution in [0.4, 0.5) is 0 Å². The SMILES string of the molecule is O=C(COc1ccccc1C(=O)N1CCCCC1)N1CCCCC1. The van der Waals surface area contributed by atoms with Gasteiger partial charge in [0.15, 0.2) is 6.61 Å². The summed E-state index contributed by atoms with van der Waals surface area (Å²) >= 11 is 0. The molecule has 2 fully saturated rings. The number of benzene rings is 1. The Morgan fingerprint density at radius 1 is 0.833 bits per heavy atom. The van der Waals surface area contributed by atoms with Gasteiger partial charge in [0, 0.05) is 26.2 Å². The van der Waals surface area contributed by atoms with Gasteiger partial charge < -0.3 is 14.5 Å². The number of piperidine rings is 2. The number of carbonyl (C=O) groups is 2.